The number of ether oxygens (including phenoxy) is 1. The highest BCUT2D eigenvalue weighted by molar-refractivity contribution is 5.97. The summed E-state index contributed by atoms with van der Waals surface area (Å²) < 4.78 is 37.2. The summed E-state index contributed by atoms with van der Waals surface area (Å²) in [4.78, 5) is 45.8. The number of pyridine rings is 1. The zero-order chi connectivity index (χ0) is 29.1. The van der Waals surface area contributed by atoms with Crippen molar-refractivity contribution in [3.8, 4) is 0 Å². The van der Waals surface area contributed by atoms with Crippen LogP contribution >= 0.6 is 0 Å². The smallest absolute Gasteiger partial charge is 0.414 e. The highest BCUT2D eigenvalue weighted by Crippen LogP contribution is 2.32. The molecule has 0 aliphatic carbocycles. The Morgan fingerprint density at radius 2 is 1.93 bits per heavy atom. The minimum Gasteiger partial charge on any atom is -0.442 e. The molecule has 0 spiro atoms. The summed E-state index contributed by atoms with van der Waals surface area (Å²) in [5.41, 5.74) is 0.453. The molecule has 3 amide bonds. The molecule has 2 fully saturated rings. The lowest BCUT2D eigenvalue weighted by Crippen LogP contribution is -2.54. The molecule has 2 saturated heterocycles. The van der Waals surface area contributed by atoms with Crippen molar-refractivity contribution >= 4 is 29.3 Å². The van der Waals surface area contributed by atoms with E-state index in [0.717, 1.165) is 17.0 Å². The van der Waals surface area contributed by atoms with Gasteiger partial charge in [0.05, 0.1) is 37.1 Å². The molecule has 0 bridgehead atoms. The molecular formula is C26H28F2N8O5. The van der Waals surface area contributed by atoms with Crippen LogP contribution < -0.4 is 15.1 Å². The molecule has 2 atom stereocenters. The number of carbonyl (C=O) groups excluding carboxylic acids is 3. The number of piperazine rings is 1. The van der Waals surface area contributed by atoms with Crippen LogP contribution in [0.2, 0.25) is 0 Å². The summed E-state index contributed by atoms with van der Waals surface area (Å²) in [6, 6.07) is 4.57. The summed E-state index contributed by atoms with van der Waals surface area (Å²) in [5, 5.41) is 19.4. The Morgan fingerprint density at radius 3 is 2.56 bits per heavy atom. The molecule has 13 nitrogen and oxygen atoms in total. The van der Waals surface area contributed by atoms with Gasteiger partial charge in [0, 0.05) is 50.7 Å². The first-order chi connectivity index (χ1) is 19.7. The van der Waals surface area contributed by atoms with Gasteiger partial charge in [0.25, 0.3) is 5.91 Å². The van der Waals surface area contributed by atoms with Crippen molar-refractivity contribution < 1.29 is 33.0 Å². The maximum absolute atomic E-state index is 15.2. The lowest BCUT2D eigenvalue weighted by molar-refractivity contribution is -0.133. The normalized spacial score (nSPS) is 17.9. The van der Waals surface area contributed by atoms with E-state index in [4.69, 9.17) is 9.84 Å². The van der Waals surface area contributed by atoms with Gasteiger partial charge in [-0.15, -0.1) is 5.10 Å². The molecule has 3 aromatic rings. The predicted molar refractivity (Wildman–Crippen MR) is 140 cm³/mol. The number of nitrogens with zero attached hydrogens (tertiary/aromatic N) is 7. The molecule has 216 valence electrons. The van der Waals surface area contributed by atoms with Crippen LogP contribution in [0.25, 0.3) is 0 Å². The van der Waals surface area contributed by atoms with Crippen molar-refractivity contribution in [1.29, 1.82) is 0 Å². The molecule has 2 N–H and O–H groups in total. The van der Waals surface area contributed by atoms with E-state index in [-0.39, 0.29) is 63.2 Å². The second-order valence-corrected chi connectivity index (χ2v) is 9.71. The first kappa shape index (κ1) is 27.9. The average molecular weight is 571 g/mol. The Labute approximate surface area is 233 Å². The largest absolute Gasteiger partial charge is 0.442 e. The third-order valence-corrected chi connectivity index (χ3v) is 6.88. The Bertz CT molecular complexity index is 1410. The van der Waals surface area contributed by atoms with Crippen LogP contribution in [0.15, 0.2) is 42.9 Å². The van der Waals surface area contributed by atoms with E-state index >= 15 is 8.78 Å². The number of rotatable bonds is 8. The summed E-state index contributed by atoms with van der Waals surface area (Å²) >= 11 is 0. The Balaban J connectivity index is 1.18. The molecule has 0 saturated carbocycles. The van der Waals surface area contributed by atoms with E-state index in [1.165, 1.54) is 33.1 Å². The van der Waals surface area contributed by atoms with E-state index in [1.807, 2.05) is 0 Å². The fraction of sp³-hybridized carbons (Fsp3) is 0.385. The van der Waals surface area contributed by atoms with Gasteiger partial charge in [-0.1, -0.05) is 5.21 Å². The molecule has 2 aliphatic heterocycles. The molecule has 2 aromatic heterocycles. The quantitative estimate of drug-likeness (QED) is 0.404. The Hall–Kier alpha value is -4.66. The number of carbonyl (C=O) groups is 3. The van der Waals surface area contributed by atoms with E-state index in [9.17, 15) is 14.4 Å². The summed E-state index contributed by atoms with van der Waals surface area (Å²) in [6.45, 7) is 2.24. The standard InChI is InChI=1S/C26H28F2N8O5/c1-16(30-24(38)17-3-2-4-29-11-17)25(39)34-7-5-33(6-8-34)23-21(27)9-19(10-22(23)28)36-14-20(41-26(36)40)13-35-12-18(15-37)31-32-35/h2-4,9-12,16,20,37H,5-8,13-15H2,1H3,(H,30,38). The molecule has 15 heteroatoms. The van der Waals surface area contributed by atoms with E-state index in [0.29, 0.717) is 11.3 Å². The zero-order valence-corrected chi connectivity index (χ0v) is 22.1. The number of hydrogen-bond acceptors (Lipinski definition) is 9. The van der Waals surface area contributed by atoms with Gasteiger partial charge in [0.2, 0.25) is 5.91 Å². The van der Waals surface area contributed by atoms with E-state index in [2.05, 4.69) is 20.6 Å². The number of amides is 3. The SMILES string of the molecule is CC(NC(=O)c1cccnc1)C(=O)N1CCN(c2c(F)cc(N3CC(Cn4cc(CO)nn4)OC3=O)cc2F)CC1. The number of halogens is 2. The number of anilines is 2. The molecule has 4 heterocycles. The number of aromatic nitrogens is 4. The van der Waals surface area contributed by atoms with Gasteiger partial charge < -0.3 is 25.0 Å². The van der Waals surface area contributed by atoms with Gasteiger partial charge in [0.15, 0.2) is 11.6 Å². The van der Waals surface area contributed by atoms with Crippen molar-refractivity contribution in [2.24, 2.45) is 0 Å². The molecule has 41 heavy (non-hydrogen) atoms. The monoisotopic (exact) mass is 570 g/mol. The summed E-state index contributed by atoms with van der Waals surface area (Å²) in [5.74, 6) is -2.43. The Kier molecular flexibility index (Phi) is 8.05. The van der Waals surface area contributed by atoms with Gasteiger partial charge in [-0.05, 0) is 19.1 Å². The molecular weight excluding hydrogens is 542 g/mol. The lowest BCUT2D eigenvalue weighted by Gasteiger charge is -2.37. The first-order valence-corrected chi connectivity index (χ1v) is 12.9. The highest BCUT2D eigenvalue weighted by atomic mass is 19.1. The second-order valence-electron chi connectivity index (χ2n) is 9.71. The first-order valence-electron chi connectivity index (χ1n) is 12.9. The summed E-state index contributed by atoms with van der Waals surface area (Å²) in [7, 11) is 0. The third-order valence-electron chi connectivity index (χ3n) is 6.88. The van der Waals surface area contributed by atoms with Crippen molar-refractivity contribution in [2.45, 2.75) is 32.2 Å². The van der Waals surface area contributed by atoms with Crippen molar-refractivity contribution in [2.75, 3.05) is 42.5 Å². The minimum absolute atomic E-state index is 0.0119. The van der Waals surface area contributed by atoms with Crippen LogP contribution in [-0.2, 0) is 22.7 Å². The van der Waals surface area contributed by atoms with Crippen LogP contribution in [0, 0.1) is 11.6 Å². The lowest BCUT2D eigenvalue weighted by atomic mass is 10.1. The number of cyclic esters (lactones) is 1. The fourth-order valence-electron chi connectivity index (χ4n) is 4.81. The maximum Gasteiger partial charge on any atom is 0.414 e. The van der Waals surface area contributed by atoms with Crippen LogP contribution in [0.4, 0.5) is 25.0 Å². The zero-order valence-electron chi connectivity index (χ0n) is 22.1. The molecule has 0 radical (unpaired) electrons. The maximum atomic E-state index is 15.2. The second kappa shape index (κ2) is 11.8. The number of hydrogen-bond donors (Lipinski definition) is 2. The third kappa shape index (κ3) is 6.09. The van der Waals surface area contributed by atoms with Crippen LogP contribution in [-0.4, -0.2) is 92.8 Å². The van der Waals surface area contributed by atoms with Gasteiger partial charge in [-0.25, -0.2) is 18.3 Å². The molecule has 2 unspecified atom stereocenters. The average Bonchev–Trinajstić information content (AvgIpc) is 3.58. The summed E-state index contributed by atoms with van der Waals surface area (Å²) in [6.07, 6.45) is 3.07. The number of nitrogens with one attached hydrogen (secondary N) is 1. The van der Waals surface area contributed by atoms with Crippen molar-refractivity contribution in [3.05, 3.63) is 65.7 Å². The van der Waals surface area contributed by atoms with Gasteiger partial charge in [-0.3, -0.25) is 19.5 Å². The highest BCUT2D eigenvalue weighted by Gasteiger charge is 2.35. The number of aliphatic hydroxyl groups is 1. The predicted octanol–water partition coefficient (Wildman–Crippen LogP) is 0.936. The number of aliphatic hydroxyl groups excluding tert-OH is 1. The molecule has 2 aliphatic rings. The van der Waals surface area contributed by atoms with Gasteiger partial charge in [-0.2, -0.15) is 0 Å². The molecule has 5 rings (SSSR count). The van der Waals surface area contributed by atoms with Gasteiger partial charge in [0.1, 0.15) is 23.5 Å². The minimum atomic E-state index is -0.850. The topological polar surface area (TPSA) is 146 Å². The van der Waals surface area contributed by atoms with E-state index < -0.39 is 35.8 Å². The molecule has 1 aromatic carbocycles. The van der Waals surface area contributed by atoms with Crippen LogP contribution in [0.5, 0.6) is 0 Å². The fourth-order valence-corrected chi connectivity index (χ4v) is 4.81. The van der Waals surface area contributed by atoms with Gasteiger partial charge >= 0.3 is 6.09 Å². The van der Waals surface area contributed by atoms with Crippen molar-refractivity contribution in [1.82, 2.24) is 30.2 Å². The van der Waals surface area contributed by atoms with Crippen molar-refractivity contribution in [3.63, 3.8) is 0 Å². The number of benzene rings is 1. The van der Waals surface area contributed by atoms with Crippen LogP contribution in [0.3, 0.4) is 0 Å². The van der Waals surface area contributed by atoms with E-state index in [1.54, 1.807) is 19.1 Å². The Morgan fingerprint density at radius 1 is 1.20 bits per heavy atom. The van der Waals surface area contributed by atoms with Crippen LogP contribution in [0.1, 0.15) is 23.0 Å².